The monoisotopic (exact) mass is 367 g/mol. The molecule has 0 saturated heterocycles. The molecule has 0 radical (unpaired) electrons. The topological polar surface area (TPSA) is 88.6 Å². The minimum absolute atomic E-state index is 0.0530. The molecule has 2 N–H and O–H groups in total. The van der Waals surface area contributed by atoms with Crippen LogP contribution in [0.15, 0.2) is 42.5 Å². The van der Waals surface area contributed by atoms with Crippen LogP contribution in [0.4, 0.5) is 0 Å². The minimum atomic E-state index is -0.502. The van der Waals surface area contributed by atoms with Gasteiger partial charge in [-0.2, -0.15) is 0 Å². The van der Waals surface area contributed by atoms with Gasteiger partial charge in [0.2, 0.25) is 0 Å². The third kappa shape index (κ3) is 3.79. The Morgan fingerprint density at radius 3 is 2.48 bits per heavy atom. The first kappa shape index (κ1) is 18.5. The van der Waals surface area contributed by atoms with Gasteiger partial charge in [0.15, 0.2) is 0 Å². The predicted molar refractivity (Wildman–Crippen MR) is 102 cm³/mol. The lowest BCUT2D eigenvalue weighted by atomic mass is 10.0. The molecule has 0 fully saturated rings. The molecule has 140 valence electrons. The van der Waals surface area contributed by atoms with Crippen LogP contribution >= 0.6 is 0 Å². The van der Waals surface area contributed by atoms with Crippen molar-refractivity contribution in [3.8, 4) is 16.9 Å². The van der Waals surface area contributed by atoms with Crippen LogP contribution in [0.3, 0.4) is 0 Å². The van der Waals surface area contributed by atoms with Gasteiger partial charge in [0.25, 0.3) is 0 Å². The van der Waals surface area contributed by atoms with Crippen molar-refractivity contribution in [2.24, 2.45) is 0 Å². The first-order valence-electron chi connectivity index (χ1n) is 8.80. The molecule has 0 spiro atoms. The van der Waals surface area contributed by atoms with Gasteiger partial charge in [-0.3, -0.25) is 4.79 Å². The number of hydrogen-bond acceptors (Lipinski definition) is 5. The molecule has 0 amide bonds. The second-order valence-electron chi connectivity index (χ2n) is 5.96. The third-order valence-electron chi connectivity index (χ3n) is 4.20. The maximum Gasteiger partial charge on any atom is 0.340 e. The van der Waals surface area contributed by atoms with E-state index in [2.05, 4.69) is 4.98 Å². The number of nitrogens with one attached hydrogen (secondary N) is 1. The van der Waals surface area contributed by atoms with Gasteiger partial charge < -0.3 is 19.6 Å². The van der Waals surface area contributed by atoms with Crippen LogP contribution in [0.1, 0.15) is 29.9 Å². The van der Waals surface area contributed by atoms with E-state index in [-0.39, 0.29) is 25.4 Å². The molecule has 3 rings (SSSR count). The van der Waals surface area contributed by atoms with Gasteiger partial charge in [0.1, 0.15) is 5.75 Å². The number of aromatic hydroxyl groups is 1. The average Bonchev–Trinajstić information content (AvgIpc) is 2.99. The summed E-state index contributed by atoms with van der Waals surface area (Å²) in [6, 6.07) is 12.4. The number of H-pyrrole nitrogens is 1. The predicted octanol–water partition coefficient (Wildman–Crippen LogP) is 3.82. The van der Waals surface area contributed by atoms with E-state index in [0.29, 0.717) is 27.7 Å². The largest absolute Gasteiger partial charge is 0.507 e. The summed E-state index contributed by atoms with van der Waals surface area (Å²) in [7, 11) is 0. The summed E-state index contributed by atoms with van der Waals surface area (Å²) in [5.74, 6) is -0.773. The maximum absolute atomic E-state index is 12.6. The number of hydrogen-bond donors (Lipinski definition) is 2. The molecule has 6 nitrogen and oxygen atoms in total. The molecular weight excluding hydrogens is 346 g/mol. The molecule has 0 atom stereocenters. The number of carbonyl (C=O) groups excluding carboxylic acids is 2. The number of benzene rings is 2. The Kier molecular flexibility index (Phi) is 5.45. The molecule has 27 heavy (non-hydrogen) atoms. The normalized spacial score (nSPS) is 10.7. The number of phenolic OH excluding ortho intramolecular Hbond substituents is 1. The van der Waals surface area contributed by atoms with E-state index < -0.39 is 11.9 Å². The molecular formula is C21H21NO5. The SMILES string of the molecule is CCOC(=O)Cc1[nH]c2ccc(-c3ccccc3O)cc2c1C(=O)OCC. The number of fused-ring (bicyclic) bond motifs is 1. The second kappa shape index (κ2) is 7.95. The van der Waals surface area contributed by atoms with Crippen LogP contribution in [-0.4, -0.2) is 35.2 Å². The molecule has 0 aliphatic carbocycles. The number of carbonyl (C=O) groups is 2. The molecule has 3 aromatic rings. The Morgan fingerprint density at radius 2 is 1.78 bits per heavy atom. The van der Waals surface area contributed by atoms with Crippen LogP contribution in [0, 0.1) is 0 Å². The van der Waals surface area contributed by atoms with Crippen LogP contribution in [0.25, 0.3) is 22.0 Å². The Hall–Kier alpha value is -3.28. The van der Waals surface area contributed by atoms with Gasteiger partial charge in [-0.05, 0) is 37.6 Å². The Bertz CT molecular complexity index is 989. The van der Waals surface area contributed by atoms with E-state index in [1.807, 2.05) is 24.3 Å². The van der Waals surface area contributed by atoms with E-state index in [1.54, 1.807) is 32.0 Å². The summed E-state index contributed by atoms with van der Waals surface area (Å²) >= 11 is 0. The van der Waals surface area contributed by atoms with Gasteiger partial charge in [-0.1, -0.05) is 24.3 Å². The van der Waals surface area contributed by atoms with E-state index in [0.717, 1.165) is 5.56 Å². The lowest BCUT2D eigenvalue weighted by Gasteiger charge is -2.07. The standard InChI is InChI=1S/C21H21NO5/c1-3-26-19(24)12-17-20(21(25)27-4-2)15-11-13(9-10-16(15)22-17)14-7-5-6-8-18(14)23/h5-11,22-23H,3-4,12H2,1-2H3. The van der Waals surface area contributed by atoms with E-state index in [9.17, 15) is 14.7 Å². The Balaban J connectivity index is 2.13. The van der Waals surface area contributed by atoms with Crippen molar-refractivity contribution in [1.82, 2.24) is 4.98 Å². The number of ether oxygens (including phenoxy) is 2. The number of aromatic nitrogens is 1. The van der Waals surface area contributed by atoms with Gasteiger partial charge in [-0.25, -0.2) is 4.79 Å². The van der Waals surface area contributed by atoms with Gasteiger partial charge in [-0.15, -0.1) is 0 Å². The molecule has 1 heterocycles. The Morgan fingerprint density at radius 1 is 1.04 bits per heavy atom. The van der Waals surface area contributed by atoms with Crippen molar-refractivity contribution < 1.29 is 24.2 Å². The highest BCUT2D eigenvalue weighted by Gasteiger charge is 2.22. The van der Waals surface area contributed by atoms with Crippen molar-refractivity contribution >= 4 is 22.8 Å². The fraction of sp³-hybridized carbons (Fsp3) is 0.238. The van der Waals surface area contributed by atoms with Crippen molar-refractivity contribution in [2.75, 3.05) is 13.2 Å². The summed E-state index contributed by atoms with van der Waals surface area (Å²) in [5.41, 5.74) is 2.89. The first-order chi connectivity index (χ1) is 13.0. The van der Waals surface area contributed by atoms with E-state index in [1.165, 1.54) is 0 Å². The van der Waals surface area contributed by atoms with Crippen LogP contribution in [0.2, 0.25) is 0 Å². The van der Waals surface area contributed by atoms with Crippen molar-refractivity contribution in [3.63, 3.8) is 0 Å². The molecule has 0 unspecified atom stereocenters. The highest BCUT2D eigenvalue weighted by atomic mass is 16.5. The van der Waals surface area contributed by atoms with E-state index in [4.69, 9.17) is 9.47 Å². The van der Waals surface area contributed by atoms with Crippen LogP contribution < -0.4 is 0 Å². The smallest absolute Gasteiger partial charge is 0.340 e. The number of rotatable bonds is 6. The molecule has 1 aromatic heterocycles. The number of aromatic amines is 1. The summed E-state index contributed by atoms with van der Waals surface area (Å²) in [6.07, 6.45) is -0.0530. The van der Waals surface area contributed by atoms with Crippen LogP contribution in [0.5, 0.6) is 5.75 Å². The summed E-state index contributed by atoms with van der Waals surface area (Å²) in [5, 5.41) is 10.8. The third-order valence-corrected chi connectivity index (χ3v) is 4.20. The maximum atomic E-state index is 12.6. The van der Waals surface area contributed by atoms with Crippen molar-refractivity contribution in [2.45, 2.75) is 20.3 Å². The van der Waals surface area contributed by atoms with Gasteiger partial charge >= 0.3 is 11.9 Å². The van der Waals surface area contributed by atoms with Gasteiger partial charge in [0.05, 0.1) is 25.2 Å². The molecule has 2 aromatic carbocycles. The number of para-hydroxylation sites is 1. The average molecular weight is 367 g/mol. The summed E-state index contributed by atoms with van der Waals surface area (Å²) < 4.78 is 10.2. The number of phenols is 1. The van der Waals surface area contributed by atoms with E-state index >= 15 is 0 Å². The first-order valence-corrected chi connectivity index (χ1v) is 8.80. The molecule has 6 heteroatoms. The molecule has 0 saturated carbocycles. The highest BCUT2D eigenvalue weighted by Crippen LogP contribution is 2.33. The fourth-order valence-corrected chi connectivity index (χ4v) is 3.06. The summed E-state index contributed by atoms with van der Waals surface area (Å²) in [6.45, 7) is 3.95. The Labute approximate surface area is 156 Å². The molecule has 0 aliphatic heterocycles. The molecule has 0 aliphatic rings. The van der Waals surface area contributed by atoms with Gasteiger partial charge in [0, 0.05) is 22.2 Å². The number of esters is 2. The lowest BCUT2D eigenvalue weighted by Crippen LogP contribution is -2.12. The van der Waals surface area contributed by atoms with Crippen LogP contribution in [-0.2, 0) is 20.7 Å². The molecule has 0 bridgehead atoms. The lowest BCUT2D eigenvalue weighted by molar-refractivity contribution is -0.142. The van der Waals surface area contributed by atoms with Crippen molar-refractivity contribution in [3.05, 3.63) is 53.7 Å². The second-order valence-corrected chi connectivity index (χ2v) is 5.96. The zero-order valence-corrected chi connectivity index (χ0v) is 15.2. The summed E-state index contributed by atoms with van der Waals surface area (Å²) in [4.78, 5) is 27.6. The van der Waals surface area contributed by atoms with Crippen molar-refractivity contribution in [1.29, 1.82) is 0 Å². The zero-order valence-electron chi connectivity index (χ0n) is 15.2. The fourth-order valence-electron chi connectivity index (χ4n) is 3.06. The minimum Gasteiger partial charge on any atom is -0.507 e. The highest BCUT2D eigenvalue weighted by molar-refractivity contribution is 6.07. The zero-order chi connectivity index (χ0) is 19.4. The quantitative estimate of drug-likeness (QED) is 0.647.